The number of hydrogen-bond donors (Lipinski definition) is 1. The first-order valence-corrected chi connectivity index (χ1v) is 7.30. The number of ether oxygens (including phenoxy) is 1. The summed E-state index contributed by atoms with van der Waals surface area (Å²) in [6.07, 6.45) is 0.813. The standard InChI is InChI=1S/C16H19N3O3/c1-16(2,3)15-19-18-13(22-15)9-21-11-4-5-12-10(8-11)6-7-17-14(12)20/h4-5,8H,6-7,9H2,1-3H3,(H,17,20). The third-order valence-electron chi connectivity index (χ3n) is 3.47. The fourth-order valence-electron chi connectivity index (χ4n) is 2.25. The second-order valence-electron chi connectivity index (χ2n) is 6.36. The minimum Gasteiger partial charge on any atom is -0.484 e. The van der Waals surface area contributed by atoms with Crippen LogP contribution in [0.4, 0.5) is 0 Å². The van der Waals surface area contributed by atoms with Crippen molar-refractivity contribution in [3.8, 4) is 5.75 Å². The number of amides is 1. The summed E-state index contributed by atoms with van der Waals surface area (Å²) in [5, 5.41) is 10.8. The van der Waals surface area contributed by atoms with E-state index in [4.69, 9.17) is 9.15 Å². The Morgan fingerprint density at radius 3 is 2.86 bits per heavy atom. The number of rotatable bonds is 3. The highest BCUT2D eigenvalue weighted by molar-refractivity contribution is 5.96. The van der Waals surface area contributed by atoms with Gasteiger partial charge >= 0.3 is 0 Å². The lowest BCUT2D eigenvalue weighted by Crippen LogP contribution is -2.31. The van der Waals surface area contributed by atoms with Crippen molar-refractivity contribution in [2.45, 2.75) is 39.2 Å². The van der Waals surface area contributed by atoms with Crippen LogP contribution in [0.2, 0.25) is 0 Å². The first-order valence-electron chi connectivity index (χ1n) is 7.30. The van der Waals surface area contributed by atoms with Gasteiger partial charge in [0.1, 0.15) is 5.75 Å². The van der Waals surface area contributed by atoms with Gasteiger partial charge < -0.3 is 14.5 Å². The molecule has 6 heteroatoms. The van der Waals surface area contributed by atoms with Gasteiger partial charge in [0.25, 0.3) is 11.8 Å². The Kier molecular flexibility index (Phi) is 3.60. The Hall–Kier alpha value is -2.37. The lowest BCUT2D eigenvalue weighted by Gasteiger charge is -2.17. The fourth-order valence-corrected chi connectivity index (χ4v) is 2.25. The van der Waals surface area contributed by atoms with E-state index in [1.165, 1.54) is 0 Å². The van der Waals surface area contributed by atoms with Crippen molar-refractivity contribution in [3.63, 3.8) is 0 Å². The Labute approximate surface area is 128 Å². The minimum absolute atomic E-state index is 0.0282. The number of benzene rings is 1. The summed E-state index contributed by atoms with van der Waals surface area (Å²) >= 11 is 0. The number of aromatic nitrogens is 2. The van der Waals surface area contributed by atoms with Gasteiger partial charge in [-0.05, 0) is 30.2 Å². The third-order valence-corrected chi connectivity index (χ3v) is 3.47. The monoisotopic (exact) mass is 301 g/mol. The molecule has 116 valence electrons. The summed E-state index contributed by atoms with van der Waals surface area (Å²) in [5.41, 5.74) is 1.54. The average molecular weight is 301 g/mol. The number of nitrogens with zero attached hydrogens (tertiary/aromatic N) is 2. The van der Waals surface area contributed by atoms with Crippen molar-refractivity contribution in [2.75, 3.05) is 6.54 Å². The summed E-state index contributed by atoms with van der Waals surface area (Å²) in [5.74, 6) is 1.71. The molecule has 0 saturated heterocycles. The molecule has 1 aliphatic heterocycles. The molecule has 0 bridgehead atoms. The van der Waals surface area contributed by atoms with E-state index in [0.29, 0.717) is 29.6 Å². The van der Waals surface area contributed by atoms with Crippen molar-refractivity contribution in [3.05, 3.63) is 41.1 Å². The quantitative estimate of drug-likeness (QED) is 0.940. The highest BCUT2D eigenvalue weighted by Crippen LogP contribution is 2.23. The molecule has 1 aromatic heterocycles. The number of nitrogens with one attached hydrogen (secondary N) is 1. The Balaban J connectivity index is 1.69. The second-order valence-corrected chi connectivity index (χ2v) is 6.36. The Morgan fingerprint density at radius 2 is 2.14 bits per heavy atom. The van der Waals surface area contributed by atoms with Crippen LogP contribution >= 0.6 is 0 Å². The zero-order chi connectivity index (χ0) is 15.7. The molecule has 3 rings (SSSR count). The number of carbonyl (C=O) groups is 1. The molecule has 1 aliphatic rings. The summed E-state index contributed by atoms with van der Waals surface area (Å²) < 4.78 is 11.3. The molecule has 0 fully saturated rings. The van der Waals surface area contributed by atoms with Crippen molar-refractivity contribution in [1.82, 2.24) is 15.5 Å². The van der Waals surface area contributed by atoms with Gasteiger partial charge in [-0.2, -0.15) is 0 Å². The molecule has 1 N–H and O–H groups in total. The zero-order valence-electron chi connectivity index (χ0n) is 13.0. The van der Waals surface area contributed by atoms with E-state index in [1.54, 1.807) is 12.1 Å². The van der Waals surface area contributed by atoms with Gasteiger partial charge in [0.15, 0.2) is 6.61 Å². The third kappa shape index (κ3) is 2.95. The van der Waals surface area contributed by atoms with Crippen molar-refractivity contribution < 1.29 is 13.9 Å². The Bertz CT molecular complexity index is 701. The molecule has 0 aliphatic carbocycles. The maximum atomic E-state index is 11.7. The highest BCUT2D eigenvalue weighted by atomic mass is 16.5. The van der Waals surface area contributed by atoms with Gasteiger partial charge in [-0.25, -0.2) is 0 Å². The van der Waals surface area contributed by atoms with Crippen LogP contribution in [-0.2, 0) is 18.4 Å². The lowest BCUT2D eigenvalue weighted by atomic mass is 9.97. The molecule has 0 radical (unpaired) electrons. The first kappa shape index (κ1) is 14.6. The molecule has 0 unspecified atom stereocenters. The van der Waals surface area contributed by atoms with Crippen LogP contribution in [-0.4, -0.2) is 22.6 Å². The van der Waals surface area contributed by atoms with E-state index < -0.39 is 0 Å². The molecule has 0 atom stereocenters. The van der Waals surface area contributed by atoms with E-state index >= 15 is 0 Å². The molecule has 0 spiro atoms. The van der Waals surface area contributed by atoms with E-state index in [9.17, 15) is 4.79 Å². The van der Waals surface area contributed by atoms with Crippen molar-refractivity contribution in [2.24, 2.45) is 0 Å². The smallest absolute Gasteiger partial charge is 0.253 e. The highest BCUT2D eigenvalue weighted by Gasteiger charge is 2.21. The lowest BCUT2D eigenvalue weighted by molar-refractivity contribution is 0.0946. The minimum atomic E-state index is -0.176. The molecule has 0 saturated carbocycles. The van der Waals surface area contributed by atoms with Gasteiger partial charge in [-0.1, -0.05) is 20.8 Å². The predicted molar refractivity (Wildman–Crippen MR) is 79.8 cm³/mol. The van der Waals surface area contributed by atoms with Crippen LogP contribution in [0.25, 0.3) is 0 Å². The maximum Gasteiger partial charge on any atom is 0.253 e. The molecule has 1 aromatic carbocycles. The van der Waals surface area contributed by atoms with Crippen LogP contribution in [0.1, 0.15) is 48.5 Å². The average Bonchev–Trinajstić information content (AvgIpc) is 2.94. The Morgan fingerprint density at radius 1 is 1.32 bits per heavy atom. The van der Waals surface area contributed by atoms with Gasteiger partial charge in [0.2, 0.25) is 5.89 Å². The topological polar surface area (TPSA) is 77.3 Å². The molecule has 6 nitrogen and oxygen atoms in total. The normalized spacial score (nSPS) is 14.4. The summed E-state index contributed by atoms with van der Waals surface area (Å²) in [6.45, 7) is 6.92. The molecule has 22 heavy (non-hydrogen) atoms. The molecule has 2 heterocycles. The van der Waals surface area contributed by atoms with Crippen LogP contribution < -0.4 is 10.1 Å². The van der Waals surface area contributed by atoms with E-state index in [-0.39, 0.29) is 17.9 Å². The summed E-state index contributed by atoms with van der Waals surface area (Å²) in [6, 6.07) is 5.47. The van der Waals surface area contributed by atoms with E-state index in [0.717, 1.165) is 12.0 Å². The molecule has 2 aromatic rings. The van der Waals surface area contributed by atoms with Crippen LogP contribution in [0.5, 0.6) is 5.75 Å². The van der Waals surface area contributed by atoms with Gasteiger partial charge in [0, 0.05) is 17.5 Å². The van der Waals surface area contributed by atoms with Gasteiger partial charge in [-0.15, -0.1) is 10.2 Å². The van der Waals surface area contributed by atoms with Gasteiger partial charge in [0.05, 0.1) is 0 Å². The molecular formula is C16H19N3O3. The summed E-state index contributed by atoms with van der Waals surface area (Å²) in [7, 11) is 0. The van der Waals surface area contributed by atoms with E-state index in [2.05, 4.69) is 15.5 Å². The number of carbonyl (C=O) groups excluding carboxylic acids is 1. The van der Waals surface area contributed by atoms with Crippen LogP contribution in [0, 0.1) is 0 Å². The molecule has 1 amide bonds. The SMILES string of the molecule is CC(C)(C)c1nnc(COc2ccc3c(c2)CCNC3=O)o1. The van der Waals surface area contributed by atoms with Crippen molar-refractivity contribution >= 4 is 5.91 Å². The largest absolute Gasteiger partial charge is 0.484 e. The summed E-state index contributed by atoms with van der Waals surface area (Å²) in [4.78, 5) is 11.7. The van der Waals surface area contributed by atoms with Crippen molar-refractivity contribution in [1.29, 1.82) is 0 Å². The van der Waals surface area contributed by atoms with E-state index in [1.807, 2.05) is 26.8 Å². The van der Waals surface area contributed by atoms with Gasteiger partial charge in [-0.3, -0.25) is 4.79 Å². The molecular weight excluding hydrogens is 282 g/mol. The number of fused-ring (bicyclic) bond motifs is 1. The first-order chi connectivity index (χ1) is 10.4. The van der Waals surface area contributed by atoms with Crippen LogP contribution in [0.15, 0.2) is 22.6 Å². The van der Waals surface area contributed by atoms with Crippen LogP contribution in [0.3, 0.4) is 0 Å². The zero-order valence-corrected chi connectivity index (χ0v) is 13.0. The predicted octanol–water partition coefficient (Wildman–Crippen LogP) is 2.23. The fraction of sp³-hybridized carbons (Fsp3) is 0.438. The second kappa shape index (κ2) is 5.44. The number of hydrogen-bond acceptors (Lipinski definition) is 5. The maximum absolute atomic E-state index is 11.7.